The van der Waals surface area contributed by atoms with E-state index >= 15 is 0 Å². The number of ether oxygens (including phenoxy) is 1. The van der Waals surface area contributed by atoms with Crippen LogP contribution in [0.4, 0.5) is 0 Å². The van der Waals surface area contributed by atoms with E-state index in [1.54, 1.807) is 29.2 Å². The number of thiophene rings is 1. The van der Waals surface area contributed by atoms with Crippen LogP contribution in [0.3, 0.4) is 0 Å². The maximum Gasteiger partial charge on any atom is 0.339 e. The Morgan fingerprint density at radius 3 is 2.67 bits per heavy atom. The molecule has 0 aliphatic carbocycles. The molecular formula is C21H20N2O3S. The standard InChI is InChI=1S/C21H20N2O3S/c1-14(20(24)23-10-4-5-11-23)26-21(25)16-13-18(19-9-6-12-27-19)22-17-8-3-2-7-15(16)17/h2-3,6-9,12-14H,4-5,10-11H2,1H3/t14-/m1/s1. The van der Waals surface area contributed by atoms with Crippen molar-refractivity contribution in [2.24, 2.45) is 0 Å². The van der Waals surface area contributed by atoms with E-state index in [2.05, 4.69) is 4.98 Å². The Balaban J connectivity index is 1.65. The minimum absolute atomic E-state index is 0.127. The van der Waals surface area contributed by atoms with Crippen LogP contribution in [-0.4, -0.2) is 41.0 Å². The molecule has 3 heterocycles. The highest BCUT2D eigenvalue weighted by Crippen LogP contribution is 2.28. The molecule has 27 heavy (non-hydrogen) atoms. The Bertz CT molecular complexity index is 978. The number of rotatable bonds is 4. The molecule has 0 N–H and O–H groups in total. The van der Waals surface area contributed by atoms with E-state index < -0.39 is 12.1 Å². The molecule has 1 aliphatic rings. The Kier molecular flexibility index (Phi) is 4.90. The Morgan fingerprint density at radius 2 is 1.93 bits per heavy atom. The predicted molar refractivity (Wildman–Crippen MR) is 106 cm³/mol. The van der Waals surface area contributed by atoms with Gasteiger partial charge < -0.3 is 9.64 Å². The van der Waals surface area contributed by atoms with Gasteiger partial charge >= 0.3 is 5.97 Å². The van der Waals surface area contributed by atoms with E-state index in [9.17, 15) is 9.59 Å². The number of hydrogen-bond acceptors (Lipinski definition) is 5. The SMILES string of the molecule is C[C@@H](OC(=O)c1cc(-c2cccs2)nc2ccccc12)C(=O)N1CCCC1. The minimum atomic E-state index is -0.798. The molecule has 5 nitrogen and oxygen atoms in total. The van der Waals surface area contributed by atoms with Crippen LogP contribution >= 0.6 is 11.3 Å². The van der Waals surface area contributed by atoms with Crippen LogP contribution in [-0.2, 0) is 9.53 Å². The van der Waals surface area contributed by atoms with Gasteiger partial charge in [-0.15, -0.1) is 11.3 Å². The lowest BCUT2D eigenvalue weighted by atomic mass is 10.1. The van der Waals surface area contributed by atoms with E-state index in [1.165, 1.54) is 0 Å². The molecule has 1 fully saturated rings. The first kappa shape index (κ1) is 17.7. The van der Waals surface area contributed by atoms with E-state index in [0.29, 0.717) is 5.56 Å². The smallest absolute Gasteiger partial charge is 0.339 e. The number of esters is 1. The van der Waals surface area contributed by atoms with E-state index in [0.717, 1.165) is 47.4 Å². The number of amides is 1. The fourth-order valence-corrected chi connectivity index (χ4v) is 4.05. The van der Waals surface area contributed by atoms with E-state index in [-0.39, 0.29) is 5.91 Å². The van der Waals surface area contributed by atoms with Crippen LogP contribution in [0.25, 0.3) is 21.5 Å². The second kappa shape index (κ2) is 7.48. The second-order valence-corrected chi connectivity index (χ2v) is 7.58. The molecule has 6 heteroatoms. The zero-order valence-corrected chi connectivity index (χ0v) is 15.9. The molecule has 1 aromatic carbocycles. The fourth-order valence-electron chi connectivity index (χ4n) is 3.36. The van der Waals surface area contributed by atoms with Crippen molar-refractivity contribution < 1.29 is 14.3 Å². The highest BCUT2D eigenvalue weighted by molar-refractivity contribution is 7.13. The van der Waals surface area contributed by atoms with Gasteiger partial charge in [0.15, 0.2) is 6.10 Å². The number of carbonyl (C=O) groups excluding carboxylic acids is 2. The summed E-state index contributed by atoms with van der Waals surface area (Å²) in [5.74, 6) is -0.621. The van der Waals surface area contributed by atoms with Crippen molar-refractivity contribution in [2.45, 2.75) is 25.9 Å². The van der Waals surface area contributed by atoms with Crippen molar-refractivity contribution in [3.8, 4) is 10.6 Å². The molecule has 1 saturated heterocycles. The largest absolute Gasteiger partial charge is 0.449 e. The van der Waals surface area contributed by atoms with Crippen molar-refractivity contribution in [1.82, 2.24) is 9.88 Å². The van der Waals surface area contributed by atoms with Gasteiger partial charge in [-0.25, -0.2) is 9.78 Å². The molecule has 3 aromatic rings. The van der Waals surface area contributed by atoms with Crippen molar-refractivity contribution in [1.29, 1.82) is 0 Å². The quantitative estimate of drug-likeness (QED) is 0.639. The number of hydrogen-bond donors (Lipinski definition) is 0. The van der Waals surface area contributed by atoms with Gasteiger partial charge in [0, 0.05) is 18.5 Å². The maximum atomic E-state index is 12.9. The molecule has 4 rings (SSSR count). The van der Waals surface area contributed by atoms with Gasteiger partial charge in [-0.2, -0.15) is 0 Å². The molecule has 1 amide bonds. The Hall–Kier alpha value is -2.73. The third-order valence-corrected chi connectivity index (χ3v) is 5.65. The van der Waals surface area contributed by atoms with Crippen LogP contribution in [0.5, 0.6) is 0 Å². The summed E-state index contributed by atoms with van der Waals surface area (Å²) in [5.41, 5.74) is 1.90. The molecular weight excluding hydrogens is 360 g/mol. The van der Waals surface area contributed by atoms with Gasteiger partial charge in [0.1, 0.15) is 0 Å². The van der Waals surface area contributed by atoms with E-state index in [4.69, 9.17) is 4.74 Å². The summed E-state index contributed by atoms with van der Waals surface area (Å²) in [4.78, 5) is 32.8. The number of fused-ring (bicyclic) bond motifs is 1. The fraction of sp³-hybridized carbons (Fsp3) is 0.286. The van der Waals surface area contributed by atoms with Crippen molar-refractivity contribution in [3.05, 3.63) is 53.4 Å². The predicted octanol–water partition coefficient (Wildman–Crippen LogP) is 4.13. The first-order valence-corrected chi connectivity index (χ1v) is 9.95. The first-order chi connectivity index (χ1) is 13.1. The lowest BCUT2D eigenvalue weighted by Gasteiger charge is -2.20. The highest BCUT2D eigenvalue weighted by Gasteiger charge is 2.27. The van der Waals surface area contributed by atoms with Crippen LogP contribution in [0.15, 0.2) is 47.8 Å². The first-order valence-electron chi connectivity index (χ1n) is 9.07. The van der Waals surface area contributed by atoms with Gasteiger partial charge in [0.05, 0.1) is 21.7 Å². The number of aromatic nitrogens is 1. The molecule has 0 saturated carbocycles. The summed E-state index contributed by atoms with van der Waals surface area (Å²) in [6, 6.07) is 13.2. The molecule has 1 atom stereocenters. The minimum Gasteiger partial charge on any atom is -0.449 e. The summed E-state index contributed by atoms with van der Waals surface area (Å²) < 4.78 is 5.54. The average Bonchev–Trinajstić information content (AvgIpc) is 3.40. The van der Waals surface area contributed by atoms with Gasteiger partial charge in [-0.05, 0) is 43.3 Å². The van der Waals surface area contributed by atoms with Gasteiger partial charge in [0.2, 0.25) is 0 Å². The molecule has 0 bridgehead atoms. The topological polar surface area (TPSA) is 59.5 Å². The van der Waals surface area contributed by atoms with Crippen molar-refractivity contribution in [2.75, 3.05) is 13.1 Å². The number of pyridine rings is 1. The Morgan fingerprint density at radius 1 is 1.15 bits per heavy atom. The molecule has 0 radical (unpaired) electrons. The summed E-state index contributed by atoms with van der Waals surface area (Å²) in [5, 5.41) is 2.70. The third-order valence-electron chi connectivity index (χ3n) is 4.76. The molecule has 1 aliphatic heterocycles. The highest BCUT2D eigenvalue weighted by atomic mass is 32.1. The van der Waals surface area contributed by atoms with Gasteiger partial charge in [-0.1, -0.05) is 24.3 Å². The summed E-state index contributed by atoms with van der Waals surface area (Å²) in [6.45, 7) is 3.12. The van der Waals surface area contributed by atoms with Crippen molar-refractivity contribution in [3.63, 3.8) is 0 Å². The van der Waals surface area contributed by atoms with E-state index in [1.807, 2.05) is 41.8 Å². The maximum absolute atomic E-state index is 12.9. The zero-order chi connectivity index (χ0) is 18.8. The van der Waals surface area contributed by atoms with Crippen molar-refractivity contribution >= 4 is 34.1 Å². The summed E-state index contributed by atoms with van der Waals surface area (Å²) >= 11 is 1.57. The van der Waals surface area contributed by atoms with Crippen LogP contribution in [0.1, 0.15) is 30.1 Å². The number of benzene rings is 1. The zero-order valence-electron chi connectivity index (χ0n) is 15.1. The molecule has 138 valence electrons. The van der Waals surface area contributed by atoms with Crippen LogP contribution in [0, 0.1) is 0 Å². The third kappa shape index (κ3) is 3.57. The Labute approximate surface area is 161 Å². The monoisotopic (exact) mass is 380 g/mol. The summed E-state index contributed by atoms with van der Waals surface area (Å²) in [6.07, 6.45) is 1.21. The average molecular weight is 380 g/mol. The second-order valence-electron chi connectivity index (χ2n) is 6.63. The van der Waals surface area contributed by atoms with Crippen LogP contribution < -0.4 is 0 Å². The summed E-state index contributed by atoms with van der Waals surface area (Å²) in [7, 11) is 0. The lowest BCUT2D eigenvalue weighted by molar-refractivity contribution is -0.138. The molecule has 2 aromatic heterocycles. The number of likely N-dealkylation sites (tertiary alicyclic amines) is 1. The molecule has 0 spiro atoms. The normalized spacial score (nSPS) is 15.1. The van der Waals surface area contributed by atoms with Gasteiger partial charge in [-0.3, -0.25) is 4.79 Å². The lowest BCUT2D eigenvalue weighted by Crippen LogP contribution is -2.38. The number of carbonyl (C=O) groups is 2. The van der Waals surface area contributed by atoms with Gasteiger partial charge in [0.25, 0.3) is 5.91 Å². The molecule has 0 unspecified atom stereocenters. The number of nitrogens with zero attached hydrogens (tertiary/aromatic N) is 2. The number of para-hydroxylation sites is 1. The van der Waals surface area contributed by atoms with Crippen LogP contribution in [0.2, 0.25) is 0 Å².